The second-order valence-corrected chi connectivity index (χ2v) is 9.61. The highest BCUT2D eigenvalue weighted by Crippen LogP contribution is 2.22. The molecule has 2 atom stereocenters. The summed E-state index contributed by atoms with van der Waals surface area (Å²) in [7, 11) is 0.477. The normalized spacial score (nSPS) is 12.7. The van der Waals surface area contributed by atoms with Crippen LogP contribution < -0.4 is 11.1 Å². The Morgan fingerprint density at radius 1 is 1.23 bits per heavy atom. The van der Waals surface area contributed by atoms with Crippen LogP contribution in [0.1, 0.15) is 30.2 Å². The molecule has 9 nitrogen and oxygen atoms in total. The third-order valence-corrected chi connectivity index (χ3v) is 6.87. The standard InChI is InChI=1S/C24H27FN6O3S/c1-14(9-10-32)35(33)17-6-4-16(5-7-17)20-13-30-22(26)21(31-20)24(28)34-23(27)18-8-3-15(12-29-2)11-19(18)25/h3-8,11,13-14,27-29,32H,9-10,12H2,1-2H3,(H2,26,30). The summed E-state index contributed by atoms with van der Waals surface area (Å²) in [6, 6.07) is 11.2. The van der Waals surface area contributed by atoms with Crippen molar-refractivity contribution < 1.29 is 18.4 Å². The molecule has 11 heteroatoms. The number of anilines is 1. The number of hydrogen-bond acceptors (Lipinski definition) is 9. The predicted octanol–water partition coefficient (Wildman–Crippen LogP) is 2.83. The maximum absolute atomic E-state index is 14.4. The molecule has 0 radical (unpaired) electrons. The number of rotatable bonds is 9. The quantitative estimate of drug-likeness (QED) is 0.224. The maximum Gasteiger partial charge on any atom is 0.243 e. The van der Waals surface area contributed by atoms with E-state index in [0.29, 0.717) is 34.7 Å². The van der Waals surface area contributed by atoms with Gasteiger partial charge in [0.15, 0.2) is 11.5 Å². The van der Waals surface area contributed by atoms with Gasteiger partial charge in [0.2, 0.25) is 11.8 Å². The highest BCUT2D eigenvalue weighted by Gasteiger charge is 2.19. The zero-order valence-corrected chi connectivity index (χ0v) is 20.2. The SMILES string of the molecule is CNCc1ccc(C(=N)OC(=N)c2nc(-c3ccc(S(=O)C(C)CCO)cc3)cnc2N)c(F)c1. The number of aliphatic hydroxyl groups excluding tert-OH is 1. The van der Waals surface area contributed by atoms with Gasteiger partial charge in [0.05, 0.1) is 28.3 Å². The molecule has 1 aromatic heterocycles. The Bertz CT molecular complexity index is 1250. The van der Waals surface area contributed by atoms with Crippen molar-refractivity contribution in [1.29, 1.82) is 10.8 Å². The van der Waals surface area contributed by atoms with Gasteiger partial charge in [0, 0.05) is 28.9 Å². The molecule has 0 aliphatic rings. The van der Waals surface area contributed by atoms with Crippen molar-refractivity contribution in [2.45, 2.75) is 30.0 Å². The number of halogens is 1. The molecule has 0 amide bonds. The Kier molecular flexibility index (Phi) is 8.74. The number of benzene rings is 2. The molecule has 0 aliphatic heterocycles. The number of ether oxygens (including phenoxy) is 1. The Labute approximate surface area is 205 Å². The van der Waals surface area contributed by atoms with Crippen molar-refractivity contribution in [2.24, 2.45) is 0 Å². The maximum atomic E-state index is 14.4. The van der Waals surface area contributed by atoms with Crippen molar-refractivity contribution in [1.82, 2.24) is 15.3 Å². The molecule has 2 aromatic carbocycles. The fourth-order valence-electron chi connectivity index (χ4n) is 3.25. The van der Waals surface area contributed by atoms with Gasteiger partial charge < -0.3 is 20.9 Å². The number of aliphatic hydroxyl groups is 1. The summed E-state index contributed by atoms with van der Waals surface area (Å²) < 4.78 is 32.2. The van der Waals surface area contributed by atoms with E-state index < -0.39 is 28.4 Å². The molecule has 0 fully saturated rings. The van der Waals surface area contributed by atoms with E-state index in [1.807, 2.05) is 6.92 Å². The van der Waals surface area contributed by atoms with Gasteiger partial charge >= 0.3 is 0 Å². The van der Waals surface area contributed by atoms with Crippen molar-refractivity contribution in [3.05, 3.63) is 71.3 Å². The van der Waals surface area contributed by atoms with Crippen LogP contribution in [0.25, 0.3) is 11.3 Å². The van der Waals surface area contributed by atoms with E-state index in [4.69, 9.17) is 26.4 Å². The third-order valence-electron chi connectivity index (χ3n) is 5.16. The van der Waals surface area contributed by atoms with Crippen LogP contribution in [0.3, 0.4) is 0 Å². The van der Waals surface area contributed by atoms with Gasteiger partial charge in [-0.1, -0.05) is 25.1 Å². The number of nitrogen functional groups attached to an aromatic ring is 1. The molecule has 0 spiro atoms. The fourth-order valence-corrected chi connectivity index (χ4v) is 4.44. The molecule has 35 heavy (non-hydrogen) atoms. The van der Waals surface area contributed by atoms with Gasteiger partial charge in [-0.15, -0.1) is 0 Å². The van der Waals surface area contributed by atoms with Gasteiger partial charge in [-0.2, -0.15) is 0 Å². The number of nitrogens with two attached hydrogens (primary N) is 1. The molecule has 6 N–H and O–H groups in total. The minimum Gasteiger partial charge on any atom is -0.419 e. The van der Waals surface area contributed by atoms with Gasteiger partial charge in [0.25, 0.3) is 0 Å². The zero-order chi connectivity index (χ0) is 25.5. The smallest absolute Gasteiger partial charge is 0.243 e. The average Bonchev–Trinajstić information content (AvgIpc) is 2.84. The molecule has 184 valence electrons. The van der Waals surface area contributed by atoms with Crippen LogP contribution in [0.5, 0.6) is 0 Å². The van der Waals surface area contributed by atoms with Crippen LogP contribution in [0.15, 0.2) is 53.6 Å². The Morgan fingerprint density at radius 3 is 2.57 bits per heavy atom. The summed E-state index contributed by atoms with van der Waals surface area (Å²) in [4.78, 5) is 9.03. The van der Waals surface area contributed by atoms with Crippen LogP contribution in [0.2, 0.25) is 0 Å². The molecule has 3 rings (SSSR count). The molecular formula is C24H27FN6O3S. The minimum absolute atomic E-state index is 0.0332. The number of hydrogen-bond donors (Lipinski definition) is 5. The first-order valence-corrected chi connectivity index (χ1v) is 12.0. The lowest BCUT2D eigenvalue weighted by Gasteiger charge is -2.12. The van der Waals surface area contributed by atoms with E-state index >= 15 is 0 Å². The van der Waals surface area contributed by atoms with Gasteiger partial charge in [-0.25, -0.2) is 14.4 Å². The van der Waals surface area contributed by atoms with E-state index in [1.165, 1.54) is 18.3 Å². The van der Waals surface area contributed by atoms with Crippen LogP contribution >= 0.6 is 0 Å². The minimum atomic E-state index is -1.27. The first-order valence-electron chi connectivity index (χ1n) is 10.8. The van der Waals surface area contributed by atoms with E-state index in [0.717, 1.165) is 0 Å². The van der Waals surface area contributed by atoms with Crippen molar-refractivity contribution >= 4 is 28.4 Å². The Morgan fingerprint density at radius 2 is 1.94 bits per heavy atom. The Hall–Kier alpha value is -3.54. The van der Waals surface area contributed by atoms with Gasteiger partial charge in [0.1, 0.15) is 5.82 Å². The largest absolute Gasteiger partial charge is 0.419 e. The van der Waals surface area contributed by atoms with E-state index in [9.17, 15) is 8.60 Å². The molecular weight excluding hydrogens is 471 g/mol. The summed E-state index contributed by atoms with van der Waals surface area (Å²) in [6.45, 7) is 2.25. The van der Waals surface area contributed by atoms with Crippen molar-refractivity contribution in [2.75, 3.05) is 19.4 Å². The second kappa shape index (κ2) is 11.7. The van der Waals surface area contributed by atoms with Crippen LogP contribution in [0, 0.1) is 16.6 Å². The molecule has 2 unspecified atom stereocenters. The summed E-state index contributed by atoms with van der Waals surface area (Å²) >= 11 is 0. The molecule has 3 aromatic rings. The highest BCUT2D eigenvalue weighted by atomic mass is 32.2. The van der Waals surface area contributed by atoms with Crippen LogP contribution in [-0.4, -0.2) is 50.0 Å². The second-order valence-electron chi connectivity index (χ2n) is 7.74. The van der Waals surface area contributed by atoms with Crippen molar-refractivity contribution in [3.8, 4) is 11.3 Å². The first-order chi connectivity index (χ1) is 16.7. The highest BCUT2D eigenvalue weighted by molar-refractivity contribution is 7.85. The fraction of sp³-hybridized carbons (Fsp3) is 0.250. The molecule has 0 bridgehead atoms. The molecule has 0 saturated carbocycles. The summed E-state index contributed by atoms with van der Waals surface area (Å²) in [5.74, 6) is -1.82. The van der Waals surface area contributed by atoms with Crippen LogP contribution in [-0.2, 0) is 22.1 Å². The number of nitrogens with zero attached hydrogens (tertiary/aromatic N) is 2. The monoisotopic (exact) mass is 498 g/mol. The van der Waals surface area contributed by atoms with Gasteiger partial charge in [-0.05, 0) is 43.3 Å². The summed E-state index contributed by atoms with van der Waals surface area (Å²) in [5, 5.41) is 28.1. The molecule has 0 saturated heterocycles. The lowest BCUT2D eigenvalue weighted by molar-refractivity contribution is 0.288. The van der Waals surface area contributed by atoms with E-state index in [2.05, 4.69) is 15.3 Å². The number of nitrogens with one attached hydrogen (secondary N) is 3. The third kappa shape index (κ3) is 6.32. The molecule has 0 aliphatic carbocycles. The van der Waals surface area contributed by atoms with E-state index in [-0.39, 0.29) is 28.9 Å². The lowest BCUT2D eigenvalue weighted by Crippen LogP contribution is -2.18. The van der Waals surface area contributed by atoms with Crippen molar-refractivity contribution in [3.63, 3.8) is 0 Å². The lowest BCUT2D eigenvalue weighted by atomic mass is 10.1. The topological polar surface area (TPSA) is 158 Å². The Balaban J connectivity index is 1.78. The summed E-state index contributed by atoms with van der Waals surface area (Å²) in [5.41, 5.74) is 7.42. The first kappa shape index (κ1) is 26.1. The summed E-state index contributed by atoms with van der Waals surface area (Å²) in [6.07, 6.45) is 1.86. The predicted molar refractivity (Wildman–Crippen MR) is 133 cm³/mol. The van der Waals surface area contributed by atoms with E-state index in [1.54, 1.807) is 37.4 Å². The van der Waals surface area contributed by atoms with Gasteiger partial charge in [-0.3, -0.25) is 15.0 Å². The average molecular weight is 499 g/mol. The zero-order valence-electron chi connectivity index (χ0n) is 19.3. The molecule has 1 heterocycles. The van der Waals surface area contributed by atoms with Crippen LogP contribution in [0.4, 0.5) is 10.2 Å². The number of aromatic nitrogens is 2.